The maximum atomic E-state index is 13.5. The van der Waals surface area contributed by atoms with Crippen molar-refractivity contribution < 1.29 is 9.48 Å². The summed E-state index contributed by atoms with van der Waals surface area (Å²) in [7, 11) is 0. The summed E-state index contributed by atoms with van der Waals surface area (Å²) >= 11 is 0. The highest BCUT2D eigenvalue weighted by Crippen LogP contribution is 2.41. The first-order valence-electron chi connectivity index (χ1n) is 17.3. The quantitative estimate of drug-likeness (QED) is 0.0930. The molecule has 250 valence electrons. The van der Waals surface area contributed by atoms with Crippen molar-refractivity contribution in [2.24, 2.45) is 4.99 Å². The Morgan fingerprint density at radius 1 is 0.659 bits per heavy atom. The monoisotopic (exact) mass is 612 g/mol. The van der Waals surface area contributed by atoms with E-state index in [1.165, 1.54) is 77.0 Å². The molecule has 0 fully saturated rings. The Kier molecular flexibility index (Phi) is 12.2. The van der Waals surface area contributed by atoms with Crippen LogP contribution >= 0.6 is 0 Å². The number of ether oxygens (including phenoxy) is 1. The zero-order valence-corrected chi connectivity index (χ0v) is 29.3. The predicted octanol–water partition coefficient (Wildman–Crippen LogP) is 9.29. The van der Waals surface area contributed by atoms with E-state index in [0.717, 1.165) is 27.7 Å². The molecule has 3 rings (SSSR count). The first kappa shape index (κ1) is 36.2. The third-order valence-electron chi connectivity index (χ3n) is 10.7. The molecule has 0 unspecified atom stereocenters. The zero-order chi connectivity index (χ0) is 32.8. The minimum atomic E-state index is -0.950. The summed E-state index contributed by atoms with van der Waals surface area (Å²) in [4.78, 5) is 4.79. The zero-order valence-electron chi connectivity index (χ0n) is 29.3. The fraction of sp³-hybridized carbons (Fsp3) is 0.778. The minimum Gasteiger partial charge on any atom is -0.757 e. The molecule has 1 aromatic carbocycles. The van der Waals surface area contributed by atoms with Crippen molar-refractivity contribution in [1.82, 2.24) is 10.1 Å². The molecule has 2 aliphatic heterocycles. The van der Waals surface area contributed by atoms with Crippen LogP contribution in [-0.4, -0.2) is 55.3 Å². The summed E-state index contributed by atoms with van der Waals surface area (Å²) in [5, 5.41) is 42.1. The Hall–Kier alpha value is -2.32. The molecule has 0 saturated carbocycles. The van der Waals surface area contributed by atoms with Crippen LogP contribution in [-0.2, 0) is 0 Å². The van der Waals surface area contributed by atoms with Crippen LogP contribution in [0.1, 0.15) is 163 Å². The summed E-state index contributed by atoms with van der Waals surface area (Å²) in [6.07, 6.45) is 18.1. The van der Waals surface area contributed by atoms with Gasteiger partial charge in [0.25, 0.3) is 5.84 Å². The van der Waals surface area contributed by atoms with Gasteiger partial charge in [0.15, 0.2) is 0 Å². The van der Waals surface area contributed by atoms with Gasteiger partial charge in [-0.1, -0.05) is 90.4 Å². The molecule has 0 N–H and O–H groups in total. The van der Waals surface area contributed by atoms with Crippen LogP contribution in [0.4, 0.5) is 0 Å². The van der Waals surface area contributed by atoms with E-state index in [1.54, 1.807) is 39.8 Å². The molecule has 44 heavy (non-hydrogen) atoms. The minimum absolute atomic E-state index is 0.0257. The van der Waals surface area contributed by atoms with Gasteiger partial charge < -0.3 is 25.4 Å². The number of benzene rings is 1. The van der Waals surface area contributed by atoms with Crippen molar-refractivity contribution in [3.8, 4) is 5.75 Å². The van der Waals surface area contributed by atoms with Gasteiger partial charge in [0.05, 0.1) is 17.7 Å². The summed E-state index contributed by atoms with van der Waals surface area (Å²) in [6.45, 7) is 17.5. The molecule has 0 aliphatic carbocycles. The topological polar surface area (TPSA) is 100 Å². The van der Waals surface area contributed by atoms with Crippen LogP contribution in [0.3, 0.4) is 0 Å². The number of hydrogen-bond acceptors (Lipinski definition) is 7. The molecule has 0 radical (unpaired) electrons. The van der Waals surface area contributed by atoms with Gasteiger partial charge in [-0.3, -0.25) is 14.8 Å². The Labute approximate surface area is 267 Å². The number of hydrogen-bond donors (Lipinski definition) is 0. The average molecular weight is 613 g/mol. The summed E-state index contributed by atoms with van der Waals surface area (Å²) in [6, 6.07) is 5.28. The maximum Gasteiger partial charge on any atom is 0.279 e. The lowest BCUT2D eigenvalue weighted by atomic mass is 9.84. The summed E-state index contributed by atoms with van der Waals surface area (Å²) in [5.74, 6) is 0.843. The molecule has 0 aromatic heterocycles. The Bertz CT molecular complexity index is 1150. The van der Waals surface area contributed by atoms with Gasteiger partial charge in [0, 0.05) is 11.1 Å². The van der Waals surface area contributed by atoms with Crippen LogP contribution in [0.5, 0.6) is 5.75 Å². The normalized spacial score (nSPS) is 20.0. The largest absolute Gasteiger partial charge is 0.757 e. The summed E-state index contributed by atoms with van der Waals surface area (Å²) in [5.41, 5.74) is -2.30. The van der Waals surface area contributed by atoms with Crippen molar-refractivity contribution in [2.75, 3.05) is 6.61 Å². The highest BCUT2D eigenvalue weighted by molar-refractivity contribution is 6.05. The lowest BCUT2D eigenvalue weighted by Crippen LogP contribution is -2.52. The molecule has 0 spiro atoms. The number of amidine groups is 2. The van der Waals surface area contributed by atoms with Crippen molar-refractivity contribution in [3.05, 3.63) is 44.9 Å². The van der Waals surface area contributed by atoms with Crippen molar-refractivity contribution in [2.45, 2.75) is 174 Å². The fourth-order valence-corrected chi connectivity index (χ4v) is 5.91. The molecule has 0 amide bonds. The lowest BCUT2D eigenvalue weighted by Gasteiger charge is -2.45. The number of nitrogens with zero attached hydrogens (tertiary/aromatic N) is 4. The van der Waals surface area contributed by atoms with E-state index >= 15 is 0 Å². The molecule has 1 aromatic rings. The average Bonchev–Trinajstić information content (AvgIpc) is 3.20. The molecule has 2 heterocycles. The van der Waals surface area contributed by atoms with E-state index in [0.29, 0.717) is 23.5 Å². The van der Waals surface area contributed by atoms with Gasteiger partial charge in [0.2, 0.25) is 0 Å². The maximum absolute atomic E-state index is 13.5. The molecule has 2 aliphatic rings. The van der Waals surface area contributed by atoms with E-state index in [2.05, 4.69) is 6.92 Å². The van der Waals surface area contributed by atoms with Crippen LogP contribution < -0.4 is 4.74 Å². The van der Waals surface area contributed by atoms with Crippen molar-refractivity contribution >= 4 is 11.7 Å². The van der Waals surface area contributed by atoms with E-state index in [-0.39, 0.29) is 11.7 Å². The van der Waals surface area contributed by atoms with Crippen LogP contribution in [0.15, 0.2) is 23.2 Å². The predicted molar refractivity (Wildman–Crippen MR) is 183 cm³/mol. The Morgan fingerprint density at radius 2 is 1.14 bits per heavy atom. The number of rotatable bonds is 18. The molecule has 8 heteroatoms. The van der Waals surface area contributed by atoms with Crippen LogP contribution in [0.2, 0.25) is 0 Å². The van der Waals surface area contributed by atoms with Gasteiger partial charge in [0.1, 0.15) is 22.7 Å². The molecular weight excluding hydrogens is 552 g/mol. The molecule has 0 atom stereocenters. The number of hydroxylamine groups is 5. The van der Waals surface area contributed by atoms with Gasteiger partial charge in [-0.05, 0) is 80.0 Å². The van der Waals surface area contributed by atoms with Gasteiger partial charge >= 0.3 is 0 Å². The second kappa shape index (κ2) is 14.8. The molecule has 0 bridgehead atoms. The standard InChI is InChI=1S/C36H60N4O4/c1-10-11-12-13-14-15-16-17-18-19-20-21-22-23-24-44-30-26-28(31-37-33(2,3)34(4,5)38(31)41)25-29(27-30)32-39(42)35(6,7)36(8,9)40(32)43/h25-27H,10-24H2,1-9H3/q-2. The first-order valence-corrected chi connectivity index (χ1v) is 17.3. The van der Waals surface area contributed by atoms with E-state index in [1.807, 2.05) is 33.8 Å². The smallest absolute Gasteiger partial charge is 0.279 e. The second-order valence-corrected chi connectivity index (χ2v) is 15.1. The third-order valence-corrected chi connectivity index (χ3v) is 10.7. The van der Waals surface area contributed by atoms with Crippen LogP contribution in [0.25, 0.3) is 0 Å². The highest BCUT2D eigenvalue weighted by Gasteiger charge is 2.55. The van der Waals surface area contributed by atoms with E-state index < -0.39 is 22.2 Å². The lowest BCUT2D eigenvalue weighted by molar-refractivity contribution is -0.539. The fourth-order valence-electron chi connectivity index (χ4n) is 5.91. The number of aliphatic imine (C=N–C) groups is 1. The Morgan fingerprint density at radius 3 is 1.57 bits per heavy atom. The highest BCUT2D eigenvalue weighted by atomic mass is 16.5. The SMILES string of the molecule is CCCCCCCCCCCCCCCCOc1cc(C2=NC(C)(C)C(C)(C)N2[O-])cc(C2=[N+]([O-])C(C)(C)C(C)(C)N2[O-])c1. The van der Waals surface area contributed by atoms with Crippen molar-refractivity contribution in [3.63, 3.8) is 0 Å². The van der Waals surface area contributed by atoms with E-state index in [4.69, 9.17) is 9.73 Å². The van der Waals surface area contributed by atoms with Crippen LogP contribution in [0, 0.1) is 15.6 Å². The molecular formula is C36H60N4O4-2. The molecule has 0 saturated heterocycles. The van der Waals surface area contributed by atoms with Gasteiger partial charge in [-0.2, -0.15) is 0 Å². The summed E-state index contributed by atoms with van der Waals surface area (Å²) < 4.78 is 7.00. The van der Waals surface area contributed by atoms with Gasteiger partial charge in [-0.25, -0.2) is 0 Å². The number of unbranched alkanes of at least 4 members (excludes halogenated alkanes) is 13. The van der Waals surface area contributed by atoms with Gasteiger partial charge in [-0.15, -0.1) is 0 Å². The van der Waals surface area contributed by atoms with Crippen molar-refractivity contribution in [1.29, 1.82) is 0 Å². The second-order valence-electron chi connectivity index (χ2n) is 15.1. The Balaban J connectivity index is 1.61. The molecule has 8 nitrogen and oxygen atoms in total. The van der Waals surface area contributed by atoms with E-state index in [9.17, 15) is 15.6 Å². The third kappa shape index (κ3) is 7.72. The first-order chi connectivity index (χ1) is 20.6.